The third-order valence-corrected chi connectivity index (χ3v) is 9.84. The van der Waals surface area contributed by atoms with Crippen molar-refractivity contribution in [1.82, 2.24) is 10.2 Å². The SMILES string of the molecule is CCCCCCCCC=CCCCCCCCCC1=[N+](C)CC(NC(=O)CCCCCCCC=CCCCCCCCC)N1CC. The van der Waals surface area contributed by atoms with Gasteiger partial charge in [0, 0.05) is 12.8 Å². The molecule has 1 aliphatic rings. The van der Waals surface area contributed by atoms with Gasteiger partial charge in [0.2, 0.25) is 17.9 Å². The lowest BCUT2D eigenvalue weighted by atomic mass is 10.1. The smallest absolute Gasteiger partial charge is 0.248 e. The van der Waals surface area contributed by atoms with Crippen LogP contribution in [-0.2, 0) is 4.79 Å². The van der Waals surface area contributed by atoms with Gasteiger partial charge in [0.25, 0.3) is 0 Å². The van der Waals surface area contributed by atoms with Crippen molar-refractivity contribution in [2.75, 3.05) is 20.1 Å². The van der Waals surface area contributed by atoms with Gasteiger partial charge in [-0.3, -0.25) is 9.37 Å². The number of hydrogen-bond acceptors (Lipinski definition) is 2. The lowest BCUT2D eigenvalue weighted by Crippen LogP contribution is -2.48. The number of nitrogens with zero attached hydrogens (tertiary/aromatic N) is 2. The Labute approximate surface area is 288 Å². The second kappa shape index (κ2) is 32.0. The average Bonchev–Trinajstić information content (AvgIpc) is 3.35. The highest BCUT2D eigenvalue weighted by Gasteiger charge is 2.37. The first-order valence-corrected chi connectivity index (χ1v) is 20.6. The number of carbonyl (C=O) groups is 1. The molecule has 0 aromatic carbocycles. The van der Waals surface area contributed by atoms with Gasteiger partial charge in [-0.05, 0) is 71.1 Å². The van der Waals surface area contributed by atoms with E-state index in [9.17, 15) is 4.79 Å². The molecule has 0 fully saturated rings. The molecule has 1 unspecified atom stereocenters. The van der Waals surface area contributed by atoms with E-state index in [1.807, 2.05) is 0 Å². The lowest BCUT2D eigenvalue weighted by Gasteiger charge is -2.20. The number of hydrogen-bond donors (Lipinski definition) is 1. The Bertz CT molecular complexity index is 786. The Balaban J connectivity index is 2.03. The van der Waals surface area contributed by atoms with Gasteiger partial charge >= 0.3 is 0 Å². The highest BCUT2D eigenvalue weighted by molar-refractivity contribution is 5.81. The van der Waals surface area contributed by atoms with E-state index in [1.165, 1.54) is 173 Å². The van der Waals surface area contributed by atoms with Crippen molar-refractivity contribution >= 4 is 11.7 Å². The molecule has 0 saturated carbocycles. The van der Waals surface area contributed by atoms with E-state index >= 15 is 0 Å². The first kappa shape index (κ1) is 42.4. The van der Waals surface area contributed by atoms with Gasteiger partial charge in [-0.2, -0.15) is 0 Å². The Hall–Kier alpha value is -1.58. The van der Waals surface area contributed by atoms with Crippen LogP contribution >= 0.6 is 0 Å². The van der Waals surface area contributed by atoms with E-state index in [2.05, 4.69) is 66.9 Å². The second-order valence-corrected chi connectivity index (χ2v) is 14.2. The van der Waals surface area contributed by atoms with E-state index in [4.69, 9.17) is 0 Å². The number of nitrogens with one attached hydrogen (secondary N) is 1. The summed E-state index contributed by atoms with van der Waals surface area (Å²) in [6.45, 7) is 8.67. The van der Waals surface area contributed by atoms with Crippen LogP contribution in [0, 0.1) is 0 Å². The molecule has 1 heterocycles. The van der Waals surface area contributed by atoms with Gasteiger partial charge in [0.05, 0.1) is 13.6 Å². The summed E-state index contributed by atoms with van der Waals surface area (Å²) >= 11 is 0. The standard InChI is InChI=1S/C42H79N3O/c1-5-8-10-12-14-16-18-20-22-24-26-28-30-32-34-36-38-42-44(4)39-40(45(42)7-3)43-41(46)37-35-33-31-29-27-25-23-21-19-17-15-13-11-9-6-2/h20-23,40H,5-19,24-39H2,1-4H3/p+1. The molecule has 0 saturated heterocycles. The molecule has 0 aromatic rings. The highest BCUT2D eigenvalue weighted by atomic mass is 16.1. The van der Waals surface area contributed by atoms with Crippen LogP contribution in [0.3, 0.4) is 0 Å². The van der Waals surface area contributed by atoms with Crippen LogP contribution in [0.2, 0.25) is 0 Å². The molecule has 1 atom stereocenters. The summed E-state index contributed by atoms with van der Waals surface area (Å²) in [6, 6.07) is 0. The van der Waals surface area contributed by atoms with E-state index < -0.39 is 0 Å². The summed E-state index contributed by atoms with van der Waals surface area (Å²) in [5.41, 5.74) is 0. The topological polar surface area (TPSA) is 35.4 Å². The molecule has 0 radical (unpaired) electrons. The van der Waals surface area contributed by atoms with Crippen LogP contribution < -0.4 is 5.32 Å². The van der Waals surface area contributed by atoms with Crippen LogP contribution in [0.5, 0.6) is 0 Å². The predicted molar refractivity (Wildman–Crippen MR) is 204 cm³/mol. The van der Waals surface area contributed by atoms with Crippen molar-refractivity contribution in [3.63, 3.8) is 0 Å². The van der Waals surface area contributed by atoms with Crippen molar-refractivity contribution in [2.24, 2.45) is 0 Å². The number of unbranched alkanes of at least 4 members (excludes halogenated alkanes) is 23. The largest absolute Gasteiger partial charge is 0.314 e. The molecular formula is C42H80N3O+. The van der Waals surface area contributed by atoms with Gasteiger partial charge in [0.1, 0.15) is 6.54 Å². The Kier molecular flexibility index (Phi) is 29.5. The third kappa shape index (κ3) is 23.7. The first-order valence-electron chi connectivity index (χ1n) is 20.6. The first-order chi connectivity index (χ1) is 22.6. The maximum Gasteiger partial charge on any atom is 0.248 e. The number of amidine groups is 1. The fourth-order valence-electron chi connectivity index (χ4n) is 6.87. The number of carbonyl (C=O) groups excluding carboxylic acids is 1. The van der Waals surface area contributed by atoms with E-state index in [1.54, 1.807) is 0 Å². The number of likely N-dealkylation sites (N-methyl/N-ethyl adjacent to an activating group) is 2. The number of amides is 1. The van der Waals surface area contributed by atoms with E-state index in [0.29, 0.717) is 6.42 Å². The molecule has 46 heavy (non-hydrogen) atoms. The van der Waals surface area contributed by atoms with E-state index in [0.717, 1.165) is 25.9 Å². The Morgan fingerprint density at radius 2 is 1.00 bits per heavy atom. The minimum atomic E-state index is 0.134. The van der Waals surface area contributed by atoms with Crippen molar-refractivity contribution < 1.29 is 9.37 Å². The zero-order chi connectivity index (χ0) is 33.3. The molecule has 4 nitrogen and oxygen atoms in total. The van der Waals surface area contributed by atoms with Gasteiger partial charge in [-0.25, -0.2) is 4.90 Å². The summed E-state index contributed by atoms with van der Waals surface area (Å²) in [5, 5.41) is 3.36. The molecule has 1 N–H and O–H groups in total. The fraction of sp³-hybridized carbons (Fsp3) is 0.857. The van der Waals surface area contributed by atoms with Crippen molar-refractivity contribution in [1.29, 1.82) is 0 Å². The summed E-state index contributed by atoms with van der Waals surface area (Å²) in [5.74, 6) is 1.65. The minimum absolute atomic E-state index is 0.134. The molecule has 1 amide bonds. The van der Waals surface area contributed by atoms with Gasteiger partial charge in [0.15, 0.2) is 0 Å². The monoisotopic (exact) mass is 643 g/mol. The minimum Gasteiger partial charge on any atom is -0.314 e. The van der Waals surface area contributed by atoms with Crippen LogP contribution in [0.25, 0.3) is 0 Å². The molecule has 0 bridgehead atoms. The molecule has 0 aliphatic carbocycles. The molecule has 268 valence electrons. The predicted octanol–water partition coefficient (Wildman–Crippen LogP) is 12.3. The maximum absolute atomic E-state index is 12.7. The van der Waals surface area contributed by atoms with Crippen molar-refractivity contribution in [2.45, 2.75) is 213 Å². The highest BCUT2D eigenvalue weighted by Crippen LogP contribution is 2.16. The molecule has 0 aromatic heterocycles. The third-order valence-electron chi connectivity index (χ3n) is 9.84. The average molecular weight is 643 g/mol. The Morgan fingerprint density at radius 3 is 1.43 bits per heavy atom. The van der Waals surface area contributed by atoms with Gasteiger partial charge in [-0.1, -0.05) is 147 Å². The summed E-state index contributed by atoms with van der Waals surface area (Å²) < 4.78 is 2.38. The fourth-order valence-corrected chi connectivity index (χ4v) is 6.87. The molecule has 1 rings (SSSR count). The molecule has 4 heteroatoms. The lowest BCUT2D eigenvalue weighted by molar-refractivity contribution is -0.491. The van der Waals surface area contributed by atoms with Crippen LogP contribution in [0.1, 0.15) is 207 Å². The van der Waals surface area contributed by atoms with Crippen LogP contribution in [-0.4, -0.2) is 47.5 Å². The summed E-state index contributed by atoms with van der Waals surface area (Å²) in [6.07, 6.45) is 47.2. The second-order valence-electron chi connectivity index (χ2n) is 14.2. The number of allylic oxidation sites excluding steroid dienone is 4. The van der Waals surface area contributed by atoms with E-state index in [-0.39, 0.29) is 12.1 Å². The molecule has 0 spiro atoms. The van der Waals surface area contributed by atoms with Crippen LogP contribution in [0.15, 0.2) is 24.3 Å². The number of rotatable bonds is 33. The molecule has 1 aliphatic heterocycles. The maximum atomic E-state index is 12.7. The van der Waals surface area contributed by atoms with Crippen LogP contribution in [0.4, 0.5) is 0 Å². The quantitative estimate of drug-likeness (QED) is 0.0439. The zero-order valence-corrected chi connectivity index (χ0v) is 31.6. The molecular weight excluding hydrogens is 562 g/mol. The summed E-state index contributed by atoms with van der Waals surface area (Å²) in [7, 11) is 2.20. The van der Waals surface area contributed by atoms with Crippen molar-refractivity contribution in [3.05, 3.63) is 24.3 Å². The Morgan fingerprint density at radius 1 is 0.609 bits per heavy atom. The van der Waals surface area contributed by atoms with Gasteiger partial charge < -0.3 is 5.32 Å². The summed E-state index contributed by atoms with van der Waals surface area (Å²) in [4.78, 5) is 15.2. The van der Waals surface area contributed by atoms with Gasteiger partial charge in [-0.15, -0.1) is 0 Å². The normalized spacial score (nSPS) is 15.3. The zero-order valence-electron chi connectivity index (χ0n) is 31.6. The van der Waals surface area contributed by atoms with Crippen molar-refractivity contribution in [3.8, 4) is 0 Å².